The molecule has 4 rings (SSSR count). The number of carbonyl (C=O) groups excluding carboxylic acids is 1. The molecule has 28 heavy (non-hydrogen) atoms. The fourth-order valence-corrected chi connectivity index (χ4v) is 3.08. The number of ether oxygens (including phenoxy) is 1. The first-order valence-corrected chi connectivity index (χ1v) is 8.90. The highest BCUT2D eigenvalue weighted by Crippen LogP contribution is 2.25. The van der Waals surface area contributed by atoms with Crippen LogP contribution in [0.25, 0.3) is 16.9 Å². The molecule has 6 heteroatoms. The Morgan fingerprint density at radius 2 is 1.89 bits per heavy atom. The minimum Gasteiger partial charge on any atom is -0.495 e. The minimum absolute atomic E-state index is 0.340. The number of amides is 2. The maximum absolute atomic E-state index is 12.4. The molecule has 0 aliphatic heterocycles. The lowest BCUT2D eigenvalue weighted by Gasteiger charge is -2.11. The maximum Gasteiger partial charge on any atom is 0.323 e. The Morgan fingerprint density at radius 3 is 2.71 bits per heavy atom. The Hall–Kier alpha value is -3.80. The van der Waals surface area contributed by atoms with E-state index in [4.69, 9.17) is 9.72 Å². The topological polar surface area (TPSA) is 67.7 Å². The molecule has 0 radical (unpaired) electrons. The van der Waals surface area contributed by atoms with Gasteiger partial charge in [0, 0.05) is 23.6 Å². The Kier molecular flexibility index (Phi) is 4.68. The van der Waals surface area contributed by atoms with Gasteiger partial charge in [-0.3, -0.25) is 0 Å². The summed E-state index contributed by atoms with van der Waals surface area (Å²) in [4.78, 5) is 17.1. The number of hydrogen-bond donors (Lipinski definition) is 2. The lowest BCUT2D eigenvalue weighted by molar-refractivity contribution is 0.262. The number of urea groups is 1. The third kappa shape index (κ3) is 3.53. The van der Waals surface area contributed by atoms with Crippen molar-refractivity contribution in [3.8, 4) is 17.0 Å². The van der Waals surface area contributed by atoms with Gasteiger partial charge in [-0.25, -0.2) is 9.78 Å². The third-order valence-electron chi connectivity index (χ3n) is 4.45. The minimum atomic E-state index is -0.340. The van der Waals surface area contributed by atoms with Crippen LogP contribution in [-0.4, -0.2) is 22.5 Å². The molecule has 0 unspecified atom stereocenters. The number of carbonyl (C=O) groups is 1. The molecule has 2 amide bonds. The zero-order chi connectivity index (χ0) is 19.5. The summed E-state index contributed by atoms with van der Waals surface area (Å²) in [5.74, 6) is 0.603. The first kappa shape index (κ1) is 17.6. The summed E-state index contributed by atoms with van der Waals surface area (Å²) in [5, 5.41) is 5.66. The molecular weight excluding hydrogens is 352 g/mol. The number of hydrogen-bond acceptors (Lipinski definition) is 3. The molecule has 0 saturated heterocycles. The van der Waals surface area contributed by atoms with Gasteiger partial charge >= 0.3 is 6.03 Å². The molecule has 2 heterocycles. The number of methoxy groups -OCH3 is 1. The molecule has 2 N–H and O–H groups in total. The highest BCUT2D eigenvalue weighted by atomic mass is 16.5. The van der Waals surface area contributed by atoms with Crippen LogP contribution in [0.4, 0.5) is 16.2 Å². The lowest BCUT2D eigenvalue weighted by Crippen LogP contribution is -2.19. The van der Waals surface area contributed by atoms with Crippen LogP contribution in [0.2, 0.25) is 0 Å². The number of benzene rings is 2. The number of aryl methyl sites for hydroxylation is 1. The van der Waals surface area contributed by atoms with E-state index >= 15 is 0 Å². The Balaban J connectivity index is 1.55. The van der Waals surface area contributed by atoms with Crippen molar-refractivity contribution in [2.45, 2.75) is 6.92 Å². The molecule has 2 aromatic carbocycles. The number of pyridine rings is 1. The van der Waals surface area contributed by atoms with Gasteiger partial charge in [0.15, 0.2) is 0 Å². The summed E-state index contributed by atoms with van der Waals surface area (Å²) in [5.41, 5.74) is 5.10. The van der Waals surface area contributed by atoms with Crippen LogP contribution in [0.3, 0.4) is 0 Å². The van der Waals surface area contributed by atoms with Crippen molar-refractivity contribution >= 4 is 23.1 Å². The van der Waals surface area contributed by atoms with Crippen LogP contribution in [0.15, 0.2) is 73.1 Å². The van der Waals surface area contributed by atoms with Crippen molar-refractivity contribution in [3.63, 3.8) is 0 Å². The summed E-state index contributed by atoms with van der Waals surface area (Å²) >= 11 is 0. The van der Waals surface area contributed by atoms with Crippen molar-refractivity contribution in [2.24, 2.45) is 0 Å². The van der Waals surface area contributed by atoms with Crippen molar-refractivity contribution < 1.29 is 9.53 Å². The number of anilines is 2. The number of nitrogens with zero attached hydrogens (tertiary/aromatic N) is 2. The van der Waals surface area contributed by atoms with Crippen LogP contribution in [0.5, 0.6) is 5.75 Å². The summed E-state index contributed by atoms with van der Waals surface area (Å²) < 4.78 is 7.26. The second-order valence-electron chi connectivity index (χ2n) is 6.41. The van der Waals surface area contributed by atoms with E-state index in [1.54, 1.807) is 19.2 Å². The van der Waals surface area contributed by atoms with Gasteiger partial charge in [-0.15, -0.1) is 0 Å². The molecule has 0 aliphatic carbocycles. The quantitative estimate of drug-likeness (QED) is 0.532. The van der Waals surface area contributed by atoms with Crippen molar-refractivity contribution in [2.75, 3.05) is 17.7 Å². The SMILES string of the molecule is COc1ccccc1NC(=O)Nc1cccc(-c2cn3cccc(C)c3n2)c1. The average Bonchev–Trinajstić information content (AvgIpc) is 3.14. The van der Waals surface area contributed by atoms with E-state index in [1.807, 2.05) is 72.2 Å². The van der Waals surface area contributed by atoms with Crippen LogP contribution in [0, 0.1) is 6.92 Å². The molecule has 0 atom stereocenters. The molecule has 0 spiro atoms. The summed E-state index contributed by atoms with van der Waals surface area (Å²) in [6, 6.07) is 18.6. The Bertz CT molecular complexity index is 1150. The Morgan fingerprint density at radius 1 is 1.04 bits per heavy atom. The molecular formula is C22H20N4O2. The highest BCUT2D eigenvalue weighted by Gasteiger charge is 2.09. The van der Waals surface area contributed by atoms with E-state index in [0.717, 1.165) is 22.5 Å². The molecule has 0 bridgehead atoms. The van der Waals surface area contributed by atoms with Gasteiger partial charge in [0.1, 0.15) is 11.4 Å². The van der Waals surface area contributed by atoms with Gasteiger partial charge in [0.25, 0.3) is 0 Å². The van der Waals surface area contributed by atoms with Gasteiger partial charge in [-0.05, 0) is 42.8 Å². The van der Waals surface area contributed by atoms with E-state index in [2.05, 4.69) is 10.6 Å². The molecule has 140 valence electrons. The fraction of sp³-hybridized carbons (Fsp3) is 0.0909. The number of para-hydroxylation sites is 2. The molecule has 6 nitrogen and oxygen atoms in total. The van der Waals surface area contributed by atoms with E-state index in [9.17, 15) is 4.79 Å². The van der Waals surface area contributed by atoms with Gasteiger partial charge in [-0.1, -0.05) is 30.3 Å². The number of nitrogens with one attached hydrogen (secondary N) is 2. The standard InChI is InChI=1S/C22H20N4O2/c1-15-7-6-12-26-14-19(24-21(15)26)16-8-5-9-17(13-16)23-22(27)25-18-10-3-4-11-20(18)28-2/h3-14H,1-2H3,(H2,23,25,27). The molecule has 2 aromatic heterocycles. The average molecular weight is 372 g/mol. The largest absolute Gasteiger partial charge is 0.495 e. The van der Waals surface area contributed by atoms with Crippen LogP contribution in [-0.2, 0) is 0 Å². The third-order valence-corrected chi connectivity index (χ3v) is 4.45. The molecule has 0 aliphatic rings. The monoisotopic (exact) mass is 372 g/mol. The second kappa shape index (κ2) is 7.44. The van der Waals surface area contributed by atoms with Crippen molar-refractivity contribution in [3.05, 3.63) is 78.6 Å². The summed E-state index contributed by atoms with van der Waals surface area (Å²) in [7, 11) is 1.57. The fourth-order valence-electron chi connectivity index (χ4n) is 3.08. The molecule has 0 fully saturated rings. The predicted molar refractivity (Wildman–Crippen MR) is 111 cm³/mol. The van der Waals surface area contributed by atoms with Crippen molar-refractivity contribution in [1.82, 2.24) is 9.38 Å². The van der Waals surface area contributed by atoms with Gasteiger partial charge in [-0.2, -0.15) is 0 Å². The van der Waals surface area contributed by atoms with Crippen LogP contribution < -0.4 is 15.4 Å². The maximum atomic E-state index is 12.4. The number of aromatic nitrogens is 2. The molecule has 0 saturated carbocycles. The Labute approximate surface area is 162 Å². The second-order valence-corrected chi connectivity index (χ2v) is 6.41. The van der Waals surface area contributed by atoms with Gasteiger partial charge < -0.3 is 19.8 Å². The first-order valence-electron chi connectivity index (χ1n) is 8.90. The van der Waals surface area contributed by atoms with Gasteiger partial charge in [0.2, 0.25) is 0 Å². The number of fused-ring (bicyclic) bond motifs is 1. The van der Waals surface area contributed by atoms with Crippen LogP contribution in [0.1, 0.15) is 5.56 Å². The molecule has 4 aromatic rings. The normalized spacial score (nSPS) is 10.6. The van der Waals surface area contributed by atoms with Crippen molar-refractivity contribution in [1.29, 1.82) is 0 Å². The van der Waals surface area contributed by atoms with E-state index in [1.165, 1.54) is 0 Å². The van der Waals surface area contributed by atoms with E-state index < -0.39 is 0 Å². The number of rotatable bonds is 4. The van der Waals surface area contributed by atoms with Gasteiger partial charge in [0.05, 0.1) is 18.5 Å². The summed E-state index contributed by atoms with van der Waals surface area (Å²) in [6.45, 7) is 2.03. The van der Waals surface area contributed by atoms with Crippen LogP contribution >= 0.6 is 0 Å². The summed E-state index contributed by atoms with van der Waals surface area (Å²) in [6.07, 6.45) is 3.96. The number of imidazole rings is 1. The van der Waals surface area contributed by atoms with E-state index in [-0.39, 0.29) is 6.03 Å². The smallest absolute Gasteiger partial charge is 0.323 e. The highest BCUT2D eigenvalue weighted by molar-refractivity contribution is 6.01. The van der Waals surface area contributed by atoms with E-state index in [0.29, 0.717) is 17.1 Å². The zero-order valence-corrected chi connectivity index (χ0v) is 15.6. The first-order chi connectivity index (χ1) is 13.6. The lowest BCUT2D eigenvalue weighted by atomic mass is 10.1. The zero-order valence-electron chi connectivity index (χ0n) is 15.6. The predicted octanol–water partition coefficient (Wildman–Crippen LogP) is 4.96.